The summed E-state index contributed by atoms with van der Waals surface area (Å²) in [5.74, 6) is 0.742. The Morgan fingerprint density at radius 2 is 1.36 bits per heavy atom. The molecule has 0 saturated carbocycles. The molecule has 196 valence electrons. The average molecular weight is 608 g/mol. The van der Waals surface area contributed by atoms with Crippen molar-refractivity contribution in [2.24, 2.45) is 9.98 Å². The maximum absolute atomic E-state index is 13.1. The fraction of sp³-hybridized carbons (Fsp3) is 0.0370. The summed E-state index contributed by atoms with van der Waals surface area (Å²) < 4.78 is 37.5. The molecule has 1 N–H and O–H groups in total. The SMILES string of the molecule is O=[N+]([O-])c1cc2c(cc1C=Nc1ccc(S(=O)(=O)c3ccc(N=Cc4cc(Br)ccc4O)cc3)cc1)OCO2. The lowest BCUT2D eigenvalue weighted by molar-refractivity contribution is -0.385. The van der Waals surface area contributed by atoms with Crippen LogP contribution < -0.4 is 9.47 Å². The van der Waals surface area contributed by atoms with Crippen LogP contribution in [0.3, 0.4) is 0 Å². The molecule has 0 radical (unpaired) electrons. The molecule has 12 heteroatoms. The van der Waals surface area contributed by atoms with E-state index in [9.17, 15) is 23.6 Å². The highest BCUT2D eigenvalue weighted by Crippen LogP contribution is 2.37. The first-order valence-electron chi connectivity index (χ1n) is 11.3. The van der Waals surface area contributed by atoms with Gasteiger partial charge in [-0.15, -0.1) is 0 Å². The van der Waals surface area contributed by atoms with Crippen molar-refractivity contribution < 1.29 is 27.9 Å². The second-order valence-corrected chi connectivity index (χ2v) is 11.1. The Morgan fingerprint density at radius 1 is 0.821 bits per heavy atom. The number of aromatic hydroxyl groups is 1. The Morgan fingerprint density at radius 3 is 1.92 bits per heavy atom. The molecule has 4 aromatic carbocycles. The Bertz CT molecular complexity index is 1740. The number of benzene rings is 4. The van der Waals surface area contributed by atoms with Gasteiger partial charge in [0.15, 0.2) is 11.5 Å². The number of halogens is 1. The van der Waals surface area contributed by atoms with Crippen LogP contribution in [0.1, 0.15) is 11.1 Å². The molecule has 1 aliphatic rings. The van der Waals surface area contributed by atoms with Gasteiger partial charge < -0.3 is 14.6 Å². The van der Waals surface area contributed by atoms with E-state index in [0.717, 1.165) is 4.47 Å². The molecule has 0 aromatic heterocycles. The lowest BCUT2D eigenvalue weighted by atomic mass is 10.1. The predicted molar refractivity (Wildman–Crippen MR) is 148 cm³/mol. The van der Waals surface area contributed by atoms with Crippen molar-refractivity contribution >= 4 is 55.3 Å². The first-order chi connectivity index (χ1) is 18.7. The Hall–Kier alpha value is -4.55. The molecule has 0 amide bonds. The highest BCUT2D eigenvalue weighted by molar-refractivity contribution is 9.10. The number of nitrogens with zero attached hydrogens (tertiary/aromatic N) is 3. The second-order valence-electron chi connectivity index (χ2n) is 8.23. The largest absolute Gasteiger partial charge is 0.507 e. The minimum absolute atomic E-state index is 0.0185. The van der Waals surface area contributed by atoms with Crippen molar-refractivity contribution in [1.82, 2.24) is 0 Å². The van der Waals surface area contributed by atoms with Gasteiger partial charge in [0.1, 0.15) is 5.75 Å². The fourth-order valence-corrected chi connectivity index (χ4v) is 5.32. The van der Waals surface area contributed by atoms with Crippen molar-refractivity contribution in [3.8, 4) is 17.2 Å². The molecule has 0 unspecified atom stereocenters. The summed E-state index contributed by atoms with van der Waals surface area (Å²) in [5, 5.41) is 21.4. The van der Waals surface area contributed by atoms with E-state index < -0.39 is 14.8 Å². The number of hydrogen-bond acceptors (Lipinski definition) is 9. The summed E-state index contributed by atoms with van der Waals surface area (Å²) in [4.78, 5) is 19.6. The van der Waals surface area contributed by atoms with E-state index >= 15 is 0 Å². The maximum Gasteiger partial charge on any atom is 0.282 e. The molecule has 0 bridgehead atoms. The minimum atomic E-state index is -3.81. The molecule has 39 heavy (non-hydrogen) atoms. The third-order valence-electron chi connectivity index (χ3n) is 5.71. The smallest absolute Gasteiger partial charge is 0.282 e. The molecule has 0 atom stereocenters. The number of aliphatic imine (C=N–C) groups is 2. The fourth-order valence-electron chi connectivity index (χ4n) is 3.68. The normalized spacial score (nSPS) is 12.8. The molecule has 10 nitrogen and oxygen atoms in total. The molecule has 1 heterocycles. The van der Waals surface area contributed by atoms with E-state index in [-0.39, 0.29) is 39.3 Å². The number of ether oxygens (including phenoxy) is 2. The second kappa shape index (κ2) is 10.7. The molecule has 1 aliphatic heterocycles. The lowest BCUT2D eigenvalue weighted by Gasteiger charge is -2.06. The van der Waals surface area contributed by atoms with Crippen molar-refractivity contribution in [3.63, 3.8) is 0 Å². The molecule has 0 saturated heterocycles. The van der Waals surface area contributed by atoms with Crippen molar-refractivity contribution in [2.45, 2.75) is 9.79 Å². The van der Waals surface area contributed by atoms with Crippen LogP contribution in [0.5, 0.6) is 17.2 Å². The Balaban J connectivity index is 1.32. The number of sulfone groups is 1. The number of hydrogen-bond donors (Lipinski definition) is 1. The quantitative estimate of drug-likeness (QED) is 0.151. The van der Waals surface area contributed by atoms with E-state index in [1.807, 2.05) is 0 Å². The number of phenolic OH excluding ortho intramolecular Hbond substituents is 1. The molecular formula is C27H18BrN3O7S. The van der Waals surface area contributed by atoms with E-state index in [1.165, 1.54) is 61.0 Å². The monoisotopic (exact) mass is 607 g/mol. The Kier molecular flexibility index (Phi) is 7.13. The summed E-state index contributed by atoms with van der Waals surface area (Å²) in [5.41, 5.74) is 1.45. The highest BCUT2D eigenvalue weighted by atomic mass is 79.9. The Labute approximate surface area is 231 Å². The standard InChI is InChI=1S/C27H18BrN3O7S/c28-19-1-10-25(32)18(11-19)15-30-21-4-8-23(9-5-21)39(35,36)22-6-2-20(3-7-22)29-14-17-12-26-27(38-16-37-26)13-24(17)31(33)34/h1-15,32H,16H2. The minimum Gasteiger partial charge on any atom is -0.507 e. The number of nitro benzene ring substituents is 1. The van der Waals surface area contributed by atoms with Crippen molar-refractivity contribution in [2.75, 3.05) is 6.79 Å². The van der Waals surface area contributed by atoms with Crippen LogP contribution in [0.2, 0.25) is 0 Å². The zero-order valence-electron chi connectivity index (χ0n) is 19.9. The van der Waals surface area contributed by atoms with Gasteiger partial charge in [-0.25, -0.2) is 8.42 Å². The summed E-state index contributed by atoms with van der Waals surface area (Å²) in [6.07, 6.45) is 2.80. The third-order valence-corrected chi connectivity index (χ3v) is 7.99. The average Bonchev–Trinajstić information content (AvgIpc) is 3.40. The van der Waals surface area contributed by atoms with Gasteiger partial charge in [-0.3, -0.25) is 20.1 Å². The van der Waals surface area contributed by atoms with Crippen LogP contribution in [0.25, 0.3) is 0 Å². The molecular weight excluding hydrogens is 590 g/mol. The first-order valence-corrected chi connectivity index (χ1v) is 13.6. The summed E-state index contributed by atoms with van der Waals surface area (Å²) in [6.45, 7) is -0.0185. The van der Waals surface area contributed by atoms with Gasteiger partial charge in [0.2, 0.25) is 16.6 Å². The summed E-state index contributed by atoms with van der Waals surface area (Å²) in [7, 11) is -3.81. The van der Waals surface area contributed by atoms with Crippen molar-refractivity contribution in [3.05, 3.63) is 105 Å². The lowest BCUT2D eigenvalue weighted by Crippen LogP contribution is -2.01. The van der Waals surface area contributed by atoms with Gasteiger partial charge in [0, 0.05) is 22.5 Å². The summed E-state index contributed by atoms with van der Waals surface area (Å²) in [6, 6.07) is 19.6. The third kappa shape index (κ3) is 5.66. The number of rotatable bonds is 7. The zero-order valence-corrected chi connectivity index (χ0v) is 22.3. The van der Waals surface area contributed by atoms with Crippen molar-refractivity contribution in [1.29, 1.82) is 0 Å². The van der Waals surface area contributed by atoms with Gasteiger partial charge in [-0.05, 0) is 72.8 Å². The van der Waals surface area contributed by atoms with Gasteiger partial charge >= 0.3 is 0 Å². The van der Waals surface area contributed by atoms with E-state index in [2.05, 4.69) is 25.9 Å². The number of fused-ring (bicyclic) bond motifs is 1. The van der Waals surface area contributed by atoms with Gasteiger partial charge in [0.25, 0.3) is 5.69 Å². The van der Waals surface area contributed by atoms with Crippen LogP contribution in [-0.2, 0) is 9.84 Å². The maximum atomic E-state index is 13.1. The number of phenols is 1. The molecule has 0 aliphatic carbocycles. The van der Waals surface area contributed by atoms with Crippen LogP contribution in [-0.4, -0.2) is 37.7 Å². The molecule has 0 spiro atoms. The van der Waals surface area contributed by atoms with E-state index in [0.29, 0.717) is 22.7 Å². The van der Waals surface area contributed by atoms with E-state index in [4.69, 9.17) is 9.47 Å². The van der Waals surface area contributed by atoms with Crippen LogP contribution in [0.15, 0.2) is 103 Å². The van der Waals surface area contributed by atoms with Crippen LogP contribution >= 0.6 is 15.9 Å². The van der Waals surface area contributed by atoms with Gasteiger partial charge in [-0.2, -0.15) is 0 Å². The molecule has 0 fully saturated rings. The molecule has 4 aromatic rings. The highest BCUT2D eigenvalue weighted by Gasteiger charge is 2.22. The molecule has 5 rings (SSSR count). The van der Waals surface area contributed by atoms with Crippen LogP contribution in [0.4, 0.5) is 17.1 Å². The van der Waals surface area contributed by atoms with E-state index in [1.54, 1.807) is 30.3 Å². The van der Waals surface area contributed by atoms with Gasteiger partial charge in [-0.1, -0.05) is 15.9 Å². The topological polar surface area (TPSA) is 141 Å². The van der Waals surface area contributed by atoms with Gasteiger partial charge in [0.05, 0.1) is 37.7 Å². The van der Waals surface area contributed by atoms with Crippen LogP contribution in [0, 0.1) is 10.1 Å². The predicted octanol–water partition coefficient (Wildman–Crippen LogP) is 6.13. The number of nitro groups is 1. The zero-order chi connectivity index (χ0) is 27.6. The first kappa shape index (κ1) is 26.1. The summed E-state index contributed by atoms with van der Waals surface area (Å²) >= 11 is 3.34.